The monoisotopic (exact) mass is 361 g/mol. The van der Waals surface area contributed by atoms with Crippen molar-refractivity contribution in [3.05, 3.63) is 29.8 Å². The maximum atomic E-state index is 12.2. The van der Waals surface area contributed by atoms with Gasteiger partial charge in [0.05, 0.1) is 12.5 Å². The standard InChI is InChI=1S/C20H27NO5/c1-2-3-4-13-26-17-7-5-15(6-8-17)18(22)9-10-19(23)21-12-11-16(14-21)20(24)25/h5-8,16H,2-4,9-14H2,1H3,(H,24,25). The second-order valence-corrected chi connectivity index (χ2v) is 6.67. The van der Waals surface area contributed by atoms with Gasteiger partial charge in [0.15, 0.2) is 5.78 Å². The number of carbonyl (C=O) groups is 3. The van der Waals surface area contributed by atoms with Crippen LogP contribution in [0.1, 0.15) is 55.8 Å². The number of Topliss-reactive ketones (excluding diaryl/α,β-unsaturated/α-hetero) is 1. The summed E-state index contributed by atoms with van der Waals surface area (Å²) in [5, 5.41) is 8.98. The number of unbranched alkanes of at least 4 members (excludes halogenated alkanes) is 2. The molecule has 1 heterocycles. The van der Waals surface area contributed by atoms with E-state index in [4.69, 9.17) is 9.84 Å². The first kappa shape index (κ1) is 19.9. The molecule has 1 aromatic carbocycles. The first-order valence-corrected chi connectivity index (χ1v) is 9.28. The normalized spacial score (nSPS) is 16.5. The molecule has 1 aliphatic rings. The van der Waals surface area contributed by atoms with Gasteiger partial charge >= 0.3 is 5.97 Å². The molecule has 0 radical (unpaired) electrons. The van der Waals surface area contributed by atoms with Crippen LogP contribution < -0.4 is 4.74 Å². The lowest BCUT2D eigenvalue weighted by atomic mass is 10.1. The number of hydrogen-bond donors (Lipinski definition) is 1. The van der Waals surface area contributed by atoms with Gasteiger partial charge in [0.25, 0.3) is 0 Å². The quantitative estimate of drug-likeness (QED) is 0.511. The van der Waals surface area contributed by atoms with Crippen LogP contribution in [0.25, 0.3) is 0 Å². The number of carbonyl (C=O) groups excluding carboxylic acids is 2. The van der Waals surface area contributed by atoms with Gasteiger partial charge in [-0.3, -0.25) is 14.4 Å². The Labute approximate surface area is 154 Å². The first-order chi connectivity index (χ1) is 12.5. The average Bonchev–Trinajstić information content (AvgIpc) is 3.14. The molecule has 1 atom stereocenters. The molecule has 6 heteroatoms. The van der Waals surface area contributed by atoms with Crippen LogP contribution in [0.2, 0.25) is 0 Å². The van der Waals surface area contributed by atoms with Crippen LogP contribution in [-0.2, 0) is 9.59 Å². The van der Waals surface area contributed by atoms with Gasteiger partial charge in [-0.1, -0.05) is 19.8 Å². The lowest BCUT2D eigenvalue weighted by Crippen LogP contribution is -2.30. The second-order valence-electron chi connectivity index (χ2n) is 6.67. The van der Waals surface area contributed by atoms with E-state index in [9.17, 15) is 14.4 Å². The molecule has 1 unspecified atom stereocenters. The van der Waals surface area contributed by atoms with Gasteiger partial charge in [0.2, 0.25) is 5.91 Å². The van der Waals surface area contributed by atoms with Crippen LogP contribution >= 0.6 is 0 Å². The molecule has 0 saturated carbocycles. The zero-order valence-corrected chi connectivity index (χ0v) is 15.3. The fourth-order valence-corrected chi connectivity index (χ4v) is 2.99. The van der Waals surface area contributed by atoms with E-state index in [-0.39, 0.29) is 31.1 Å². The van der Waals surface area contributed by atoms with Gasteiger partial charge in [-0.15, -0.1) is 0 Å². The number of likely N-dealkylation sites (tertiary alicyclic amines) is 1. The Morgan fingerprint density at radius 2 is 1.88 bits per heavy atom. The Kier molecular flexibility index (Phi) is 7.63. The molecule has 1 saturated heterocycles. The number of rotatable bonds is 10. The van der Waals surface area contributed by atoms with E-state index in [1.54, 1.807) is 29.2 Å². The minimum atomic E-state index is -0.867. The summed E-state index contributed by atoms with van der Waals surface area (Å²) in [6.07, 6.45) is 4.01. The molecule has 1 aliphatic heterocycles. The second kappa shape index (κ2) is 9.94. The van der Waals surface area contributed by atoms with E-state index < -0.39 is 11.9 Å². The number of benzene rings is 1. The third kappa shape index (κ3) is 5.86. The van der Waals surface area contributed by atoms with Gasteiger partial charge in [0.1, 0.15) is 5.75 Å². The Hall–Kier alpha value is -2.37. The number of amides is 1. The summed E-state index contributed by atoms with van der Waals surface area (Å²) in [7, 11) is 0. The average molecular weight is 361 g/mol. The molecule has 0 spiro atoms. The minimum Gasteiger partial charge on any atom is -0.494 e. The summed E-state index contributed by atoms with van der Waals surface area (Å²) in [6.45, 7) is 3.50. The highest BCUT2D eigenvalue weighted by atomic mass is 16.5. The van der Waals surface area contributed by atoms with E-state index in [2.05, 4.69) is 6.92 Å². The van der Waals surface area contributed by atoms with Gasteiger partial charge < -0.3 is 14.7 Å². The fraction of sp³-hybridized carbons (Fsp3) is 0.550. The molecule has 1 amide bonds. The van der Waals surface area contributed by atoms with Crippen molar-refractivity contribution in [3.63, 3.8) is 0 Å². The molecule has 1 aromatic rings. The number of ketones is 1. The molecule has 2 rings (SSSR count). The third-order valence-corrected chi connectivity index (χ3v) is 4.65. The Bertz CT molecular complexity index is 626. The molecular formula is C20H27NO5. The maximum absolute atomic E-state index is 12.2. The van der Waals surface area contributed by atoms with Crippen molar-refractivity contribution in [1.29, 1.82) is 0 Å². The van der Waals surface area contributed by atoms with Crippen LogP contribution in [0.5, 0.6) is 5.75 Å². The summed E-state index contributed by atoms with van der Waals surface area (Å²) < 4.78 is 5.62. The maximum Gasteiger partial charge on any atom is 0.308 e. The Morgan fingerprint density at radius 1 is 1.15 bits per heavy atom. The number of ether oxygens (including phenoxy) is 1. The van der Waals surface area contributed by atoms with Crippen molar-refractivity contribution in [2.75, 3.05) is 19.7 Å². The topological polar surface area (TPSA) is 83.9 Å². The number of hydrogen-bond acceptors (Lipinski definition) is 4. The molecule has 0 aromatic heterocycles. The van der Waals surface area contributed by atoms with Crippen molar-refractivity contribution in [2.24, 2.45) is 5.92 Å². The number of carboxylic acid groups (broad SMARTS) is 1. The van der Waals surface area contributed by atoms with Gasteiger partial charge in [-0.25, -0.2) is 0 Å². The van der Waals surface area contributed by atoms with Crippen molar-refractivity contribution in [1.82, 2.24) is 4.90 Å². The molecule has 6 nitrogen and oxygen atoms in total. The number of carboxylic acids is 1. The molecule has 26 heavy (non-hydrogen) atoms. The Balaban J connectivity index is 1.75. The largest absolute Gasteiger partial charge is 0.494 e. The number of nitrogens with zero attached hydrogens (tertiary/aromatic N) is 1. The van der Waals surface area contributed by atoms with Crippen LogP contribution in [0, 0.1) is 5.92 Å². The SMILES string of the molecule is CCCCCOc1ccc(C(=O)CCC(=O)N2CCC(C(=O)O)C2)cc1. The van der Waals surface area contributed by atoms with Gasteiger partial charge in [-0.2, -0.15) is 0 Å². The van der Waals surface area contributed by atoms with E-state index in [0.29, 0.717) is 25.1 Å². The fourth-order valence-electron chi connectivity index (χ4n) is 2.99. The molecule has 0 bridgehead atoms. The highest BCUT2D eigenvalue weighted by molar-refractivity contribution is 5.98. The van der Waals surface area contributed by atoms with Crippen molar-refractivity contribution < 1.29 is 24.2 Å². The zero-order valence-electron chi connectivity index (χ0n) is 15.3. The smallest absolute Gasteiger partial charge is 0.308 e. The summed E-state index contributed by atoms with van der Waals surface area (Å²) in [5.41, 5.74) is 0.559. The highest BCUT2D eigenvalue weighted by Gasteiger charge is 2.30. The van der Waals surface area contributed by atoms with Crippen molar-refractivity contribution >= 4 is 17.7 Å². The minimum absolute atomic E-state index is 0.0927. The molecular weight excluding hydrogens is 334 g/mol. The summed E-state index contributed by atoms with van der Waals surface area (Å²) in [5.74, 6) is -0.860. The summed E-state index contributed by atoms with van der Waals surface area (Å²) >= 11 is 0. The molecule has 0 aliphatic carbocycles. The van der Waals surface area contributed by atoms with Crippen LogP contribution in [0.3, 0.4) is 0 Å². The van der Waals surface area contributed by atoms with Gasteiger partial charge in [0, 0.05) is 31.5 Å². The number of aliphatic carboxylic acids is 1. The lowest BCUT2D eigenvalue weighted by molar-refractivity contribution is -0.141. The molecule has 142 valence electrons. The first-order valence-electron chi connectivity index (χ1n) is 9.28. The predicted molar refractivity (Wildman–Crippen MR) is 97.3 cm³/mol. The Morgan fingerprint density at radius 3 is 2.50 bits per heavy atom. The molecule has 1 fully saturated rings. The predicted octanol–water partition coefficient (Wildman–Crippen LogP) is 3.15. The zero-order chi connectivity index (χ0) is 18.9. The summed E-state index contributed by atoms with van der Waals surface area (Å²) in [4.78, 5) is 36.9. The van der Waals surface area contributed by atoms with E-state index in [1.807, 2.05) is 0 Å². The lowest BCUT2D eigenvalue weighted by Gasteiger charge is -2.15. The van der Waals surface area contributed by atoms with Crippen LogP contribution in [-0.4, -0.2) is 47.4 Å². The van der Waals surface area contributed by atoms with E-state index in [1.165, 1.54) is 0 Å². The van der Waals surface area contributed by atoms with Gasteiger partial charge in [-0.05, 0) is 37.1 Å². The van der Waals surface area contributed by atoms with Crippen LogP contribution in [0.15, 0.2) is 24.3 Å². The third-order valence-electron chi connectivity index (χ3n) is 4.65. The highest BCUT2D eigenvalue weighted by Crippen LogP contribution is 2.19. The van der Waals surface area contributed by atoms with Crippen LogP contribution in [0.4, 0.5) is 0 Å². The van der Waals surface area contributed by atoms with E-state index >= 15 is 0 Å². The summed E-state index contributed by atoms with van der Waals surface area (Å²) in [6, 6.07) is 6.99. The molecule has 1 N–H and O–H groups in total. The van der Waals surface area contributed by atoms with Crippen molar-refractivity contribution in [3.8, 4) is 5.75 Å². The van der Waals surface area contributed by atoms with Crippen molar-refractivity contribution in [2.45, 2.75) is 45.4 Å². The van der Waals surface area contributed by atoms with E-state index in [0.717, 1.165) is 25.0 Å².